The Morgan fingerprint density at radius 2 is 2.29 bits per heavy atom. The Kier molecular flexibility index (Phi) is 5.01. The maximum Gasteiger partial charge on any atom is 0.262 e. The molecule has 0 amide bonds. The molecule has 0 aromatic carbocycles. The Hall–Kier alpha value is -0.960. The van der Waals surface area contributed by atoms with Gasteiger partial charge in [-0.05, 0) is 33.1 Å². The number of sulfonamides is 1. The summed E-state index contributed by atoms with van der Waals surface area (Å²) in [6.07, 6.45) is 5.82. The quantitative estimate of drug-likeness (QED) is 0.796. The van der Waals surface area contributed by atoms with Crippen LogP contribution in [0.5, 0.6) is 0 Å². The second-order valence-corrected chi connectivity index (χ2v) is 9.07. The van der Waals surface area contributed by atoms with Crippen molar-refractivity contribution < 1.29 is 17.9 Å². The summed E-state index contributed by atoms with van der Waals surface area (Å²) in [5, 5.41) is 0.111. The standard InChI is InChI=1S/C16H27N3O4S/c1-13(2)23-11-16-6-4-8-22-14(16)5-7-19(10-16)24(20,21)15-9-18(3)12-17-15/h9,12-14H,4-8,10-11H2,1-3H3. The van der Waals surface area contributed by atoms with Gasteiger partial charge in [-0.3, -0.25) is 0 Å². The summed E-state index contributed by atoms with van der Waals surface area (Å²) in [6.45, 7) is 6.18. The first kappa shape index (κ1) is 17.8. The Labute approximate surface area is 144 Å². The number of hydrogen-bond acceptors (Lipinski definition) is 5. The van der Waals surface area contributed by atoms with Crippen molar-refractivity contribution >= 4 is 10.0 Å². The minimum absolute atomic E-state index is 0.0696. The molecule has 0 N–H and O–H groups in total. The highest BCUT2D eigenvalue weighted by atomic mass is 32.2. The molecule has 2 atom stereocenters. The van der Waals surface area contributed by atoms with E-state index in [0.717, 1.165) is 19.4 Å². The average Bonchev–Trinajstić information content (AvgIpc) is 3.00. The number of piperidine rings is 1. The molecule has 136 valence electrons. The third-order valence-electron chi connectivity index (χ3n) is 4.94. The minimum Gasteiger partial charge on any atom is -0.378 e. The maximum absolute atomic E-state index is 12.9. The zero-order valence-electron chi connectivity index (χ0n) is 14.6. The number of fused-ring (bicyclic) bond motifs is 1. The van der Waals surface area contributed by atoms with E-state index < -0.39 is 10.0 Å². The highest BCUT2D eigenvalue weighted by Gasteiger charge is 2.49. The number of nitrogens with zero attached hydrogens (tertiary/aromatic N) is 3. The Morgan fingerprint density at radius 1 is 1.50 bits per heavy atom. The van der Waals surface area contributed by atoms with E-state index in [1.54, 1.807) is 22.1 Å². The minimum atomic E-state index is -3.58. The zero-order chi connectivity index (χ0) is 17.4. The highest BCUT2D eigenvalue weighted by molar-refractivity contribution is 7.89. The fraction of sp³-hybridized carbons (Fsp3) is 0.812. The molecule has 2 aliphatic rings. The second-order valence-electron chi connectivity index (χ2n) is 7.19. The van der Waals surface area contributed by atoms with Crippen LogP contribution in [0.25, 0.3) is 0 Å². The molecule has 2 fully saturated rings. The summed E-state index contributed by atoms with van der Waals surface area (Å²) < 4.78 is 40.9. The summed E-state index contributed by atoms with van der Waals surface area (Å²) in [5.74, 6) is 0. The first-order chi connectivity index (χ1) is 11.3. The van der Waals surface area contributed by atoms with Crippen LogP contribution in [0, 0.1) is 5.41 Å². The van der Waals surface area contributed by atoms with Crippen LogP contribution < -0.4 is 0 Å². The number of hydrogen-bond donors (Lipinski definition) is 0. The van der Waals surface area contributed by atoms with Gasteiger partial charge in [0.1, 0.15) is 0 Å². The lowest BCUT2D eigenvalue weighted by atomic mass is 9.73. The molecule has 3 rings (SSSR count). The van der Waals surface area contributed by atoms with E-state index in [9.17, 15) is 8.42 Å². The molecule has 0 radical (unpaired) electrons. The van der Waals surface area contributed by atoms with Gasteiger partial charge in [-0.2, -0.15) is 4.31 Å². The van der Waals surface area contributed by atoms with Gasteiger partial charge in [0.2, 0.25) is 0 Å². The number of aromatic nitrogens is 2. The van der Waals surface area contributed by atoms with Gasteiger partial charge < -0.3 is 14.0 Å². The van der Waals surface area contributed by atoms with Crippen molar-refractivity contribution in [3.8, 4) is 0 Å². The summed E-state index contributed by atoms with van der Waals surface area (Å²) in [7, 11) is -1.81. The highest BCUT2D eigenvalue weighted by Crippen LogP contribution is 2.42. The van der Waals surface area contributed by atoms with Gasteiger partial charge in [0, 0.05) is 38.4 Å². The molecule has 24 heavy (non-hydrogen) atoms. The van der Waals surface area contributed by atoms with E-state index in [-0.39, 0.29) is 22.6 Å². The molecule has 8 heteroatoms. The molecule has 1 aromatic rings. The first-order valence-electron chi connectivity index (χ1n) is 8.55. The third-order valence-corrected chi connectivity index (χ3v) is 6.67. The summed E-state index contributed by atoms with van der Waals surface area (Å²) in [4.78, 5) is 4.03. The third kappa shape index (κ3) is 3.37. The molecule has 1 aromatic heterocycles. The number of imidazole rings is 1. The van der Waals surface area contributed by atoms with Gasteiger partial charge in [0.15, 0.2) is 5.03 Å². The summed E-state index contributed by atoms with van der Waals surface area (Å²) in [5.41, 5.74) is -0.261. The van der Waals surface area contributed by atoms with Gasteiger partial charge in [-0.25, -0.2) is 13.4 Å². The maximum atomic E-state index is 12.9. The van der Waals surface area contributed by atoms with Crippen LogP contribution in [-0.4, -0.2) is 60.8 Å². The van der Waals surface area contributed by atoms with Crippen LogP contribution in [0.2, 0.25) is 0 Å². The molecule has 3 heterocycles. The van der Waals surface area contributed by atoms with E-state index in [1.165, 1.54) is 6.33 Å². The monoisotopic (exact) mass is 357 g/mol. The molecule has 0 bridgehead atoms. The lowest BCUT2D eigenvalue weighted by Crippen LogP contribution is -2.58. The van der Waals surface area contributed by atoms with Crippen molar-refractivity contribution in [3.63, 3.8) is 0 Å². The molecule has 2 unspecified atom stereocenters. The Balaban J connectivity index is 1.84. The number of ether oxygens (including phenoxy) is 2. The van der Waals surface area contributed by atoms with Gasteiger partial charge >= 0.3 is 0 Å². The van der Waals surface area contributed by atoms with Crippen molar-refractivity contribution in [1.29, 1.82) is 0 Å². The second kappa shape index (κ2) is 6.74. The fourth-order valence-corrected chi connectivity index (χ4v) is 5.17. The van der Waals surface area contributed by atoms with Crippen LogP contribution in [0.4, 0.5) is 0 Å². The van der Waals surface area contributed by atoms with Crippen LogP contribution in [-0.2, 0) is 26.5 Å². The molecular weight excluding hydrogens is 330 g/mol. The van der Waals surface area contributed by atoms with Crippen molar-refractivity contribution in [1.82, 2.24) is 13.9 Å². The predicted molar refractivity (Wildman–Crippen MR) is 89.1 cm³/mol. The molecule has 0 saturated carbocycles. The van der Waals surface area contributed by atoms with E-state index in [0.29, 0.717) is 26.1 Å². The molecule has 0 aliphatic carbocycles. The Bertz CT molecular complexity index is 673. The normalized spacial score (nSPS) is 28.9. The van der Waals surface area contributed by atoms with Crippen molar-refractivity contribution in [2.24, 2.45) is 12.5 Å². The van der Waals surface area contributed by atoms with E-state index in [4.69, 9.17) is 9.47 Å². The Morgan fingerprint density at radius 3 is 2.96 bits per heavy atom. The smallest absolute Gasteiger partial charge is 0.262 e. The zero-order valence-corrected chi connectivity index (χ0v) is 15.5. The molecular formula is C16H27N3O4S. The van der Waals surface area contributed by atoms with E-state index in [1.807, 2.05) is 13.8 Å². The van der Waals surface area contributed by atoms with Crippen LogP contribution in [0.15, 0.2) is 17.6 Å². The van der Waals surface area contributed by atoms with Crippen molar-refractivity contribution in [3.05, 3.63) is 12.5 Å². The van der Waals surface area contributed by atoms with Crippen LogP contribution in [0.3, 0.4) is 0 Å². The van der Waals surface area contributed by atoms with Crippen molar-refractivity contribution in [2.45, 2.75) is 50.3 Å². The molecule has 2 aliphatic heterocycles. The number of rotatable bonds is 5. The summed E-state index contributed by atoms with van der Waals surface area (Å²) in [6, 6.07) is 0. The van der Waals surface area contributed by atoms with Crippen molar-refractivity contribution in [2.75, 3.05) is 26.3 Å². The van der Waals surface area contributed by atoms with Gasteiger partial charge in [0.25, 0.3) is 10.0 Å². The first-order valence-corrected chi connectivity index (χ1v) is 9.99. The van der Waals surface area contributed by atoms with Crippen LogP contribution in [0.1, 0.15) is 33.1 Å². The SMILES string of the molecule is CC(C)OCC12CCCOC1CCN(S(=O)(=O)c1cn(C)cn1)C2. The lowest BCUT2D eigenvalue weighted by molar-refractivity contribution is -0.148. The molecule has 2 saturated heterocycles. The van der Waals surface area contributed by atoms with E-state index in [2.05, 4.69) is 4.98 Å². The molecule has 7 nitrogen and oxygen atoms in total. The topological polar surface area (TPSA) is 73.7 Å². The van der Waals surface area contributed by atoms with Gasteiger partial charge in [-0.1, -0.05) is 0 Å². The van der Waals surface area contributed by atoms with Gasteiger partial charge in [0.05, 0.1) is 25.1 Å². The summed E-state index contributed by atoms with van der Waals surface area (Å²) >= 11 is 0. The molecule has 0 spiro atoms. The fourth-order valence-electron chi connectivity index (χ4n) is 3.65. The van der Waals surface area contributed by atoms with Gasteiger partial charge in [-0.15, -0.1) is 0 Å². The average molecular weight is 357 g/mol. The lowest BCUT2D eigenvalue weighted by Gasteiger charge is -2.49. The largest absolute Gasteiger partial charge is 0.378 e. The number of aryl methyl sites for hydroxylation is 1. The van der Waals surface area contributed by atoms with E-state index >= 15 is 0 Å². The predicted octanol–water partition coefficient (Wildman–Crippen LogP) is 1.40. The van der Waals surface area contributed by atoms with Crippen LogP contribution >= 0.6 is 0 Å².